The minimum absolute atomic E-state index is 0.614. The molecule has 0 spiro atoms. The van der Waals surface area contributed by atoms with Gasteiger partial charge in [-0.3, -0.25) is 0 Å². The monoisotopic (exact) mass is 560 g/mol. The predicted octanol–water partition coefficient (Wildman–Crippen LogP) is 9.38. The molecule has 2 heterocycles. The van der Waals surface area contributed by atoms with Gasteiger partial charge < -0.3 is 14.4 Å². The zero-order chi connectivity index (χ0) is 27.0. The summed E-state index contributed by atoms with van der Waals surface area (Å²) in [6.07, 6.45) is 5.87. The number of aryl methyl sites for hydroxylation is 1. The van der Waals surface area contributed by atoms with Gasteiger partial charge >= 0.3 is 0 Å². The number of halogens is 1. The van der Waals surface area contributed by atoms with E-state index < -0.39 is 0 Å². The van der Waals surface area contributed by atoms with Gasteiger partial charge in [-0.1, -0.05) is 31.9 Å². The number of likely N-dealkylation sites (tertiary alicyclic amines) is 1. The number of piperidine rings is 1. The number of nitrogens with zero attached hydrogens (tertiary/aromatic N) is 2. The lowest BCUT2D eigenvalue weighted by atomic mass is 9.99. The van der Waals surface area contributed by atoms with Gasteiger partial charge in [-0.15, -0.1) is 11.3 Å². The van der Waals surface area contributed by atoms with E-state index in [2.05, 4.69) is 55.1 Å². The van der Waals surface area contributed by atoms with Crippen LogP contribution in [-0.4, -0.2) is 36.1 Å². The maximum atomic E-state index is 6.20. The van der Waals surface area contributed by atoms with Gasteiger partial charge in [0.1, 0.15) is 22.3 Å². The molecule has 0 amide bonds. The number of unbranched alkanes of at least 4 members (excludes halogenated alkanes) is 1. The van der Waals surface area contributed by atoms with Crippen LogP contribution >= 0.6 is 22.9 Å². The van der Waals surface area contributed by atoms with Gasteiger partial charge in [0, 0.05) is 33.5 Å². The molecule has 1 fully saturated rings. The number of rotatable bonds is 11. The molecular weight excluding hydrogens is 524 g/mol. The zero-order valence-corrected chi connectivity index (χ0v) is 24.4. The number of hydrogen-bond acceptors (Lipinski definition) is 5. The van der Waals surface area contributed by atoms with E-state index in [0.717, 1.165) is 78.0 Å². The molecule has 1 aromatic heterocycles. The summed E-state index contributed by atoms with van der Waals surface area (Å²) in [5, 5.41) is 1.73. The first-order valence-corrected chi connectivity index (χ1v) is 15.3. The van der Waals surface area contributed by atoms with E-state index >= 15 is 0 Å². The van der Waals surface area contributed by atoms with Crippen LogP contribution in [0.4, 0.5) is 0 Å². The molecule has 0 N–H and O–H groups in total. The van der Waals surface area contributed by atoms with Crippen molar-refractivity contribution in [2.24, 2.45) is 5.92 Å². The highest BCUT2D eigenvalue weighted by Crippen LogP contribution is 2.36. The molecule has 4 aromatic rings. The van der Waals surface area contributed by atoms with Crippen molar-refractivity contribution in [2.75, 3.05) is 26.2 Å². The van der Waals surface area contributed by atoms with E-state index in [9.17, 15) is 0 Å². The van der Waals surface area contributed by atoms with Crippen LogP contribution in [0.25, 0.3) is 21.8 Å². The summed E-state index contributed by atoms with van der Waals surface area (Å²) in [7, 11) is 0. The van der Waals surface area contributed by atoms with Crippen LogP contribution in [0.3, 0.4) is 0 Å². The number of benzene rings is 3. The lowest BCUT2D eigenvalue weighted by molar-refractivity contribution is 0.135. The topological polar surface area (TPSA) is 34.6 Å². The highest BCUT2D eigenvalue weighted by molar-refractivity contribution is 7.15. The van der Waals surface area contributed by atoms with Crippen LogP contribution in [0.15, 0.2) is 72.8 Å². The molecule has 5 rings (SSSR count). The molecule has 3 aromatic carbocycles. The number of thiazole rings is 1. The third-order valence-corrected chi connectivity index (χ3v) is 8.69. The molecule has 1 atom stereocenters. The van der Waals surface area contributed by atoms with Crippen LogP contribution in [0, 0.1) is 5.92 Å². The van der Waals surface area contributed by atoms with Crippen molar-refractivity contribution in [1.29, 1.82) is 0 Å². The maximum absolute atomic E-state index is 6.20. The Bertz CT molecular complexity index is 1320. The van der Waals surface area contributed by atoms with E-state index in [1.165, 1.54) is 24.3 Å². The van der Waals surface area contributed by atoms with E-state index in [1.807, 2.05) is 36.4 Å². The summed E-state index contributed by atoms with van der Waals surface area (Å²) in [4.78, 5) is 8.97. The van der Waals surface area contributed by atoms with E-state index in [-0.39, 0.29) is 0 Å². The summed E-state index contributed by atoms with van der Waals surface area (Å²) in [6.45, 7) is 8.76. The second kappa shape index (κ2) is 13.5. The van der Waals surface area contributed by atoms with E-state index in [0.29, 0.717) is 10.9 Å². The first-order chi connectivity index (χ1) is 19.1. The molecular formula is C33H37ClN2O2S. The van der Waals surface area contributed by atoms with Gasteiger partial charge in [-0.2, -0.15) is 0 Å². The van der Waals surface area contributed by atoms with Crippen LogP contribution < -0.4 is 9.47 Å². The SMILES string of the molecule is CCCCc1sc(-c2ccc(Oc3ccc(Cl)cc3)cc2)nc1-c1ccc(OCC2CCCN(CC)C2)cc1. The van der Waals surface area contributed by atoms with Crippen molar-refractivity contribution >= 4 is 22.9 Å². The first-order valence-electron chi connectivity index (χ1n) is 14.1. The number of hydrogen-bond donors (Lipinski definition) is 0. The highest BCUT2D eigenvalue weighted by Gasteiger charge is 2.19. The second-order valence-electron chi connectivity index (χ2n) is 10.2. The Hall–Kier alpha value is -2.86. The van der Waals surface area contributed by atoms with Gasteiger partial charge in [0.2, 0.25) is 0 Å². The molecule has 0 saturated carbocycles. The minimum atomic E-state index is 0.614. The molecule has 1 aliphatic heterocycles. The van der Waals surface area contributed by atoms with Crippen LogP contribution in [-0.2, 0) is 6.42 Å². The number of aromatic nitrogens is 1. The molecule has 0 bridgehead atoms. The third kappa shape index (κ3) is 7.42. The van der Waals surface area contributed by atoms with Crippen LogP contribution in [0.2, 0.25) is 5.02 Å². The summed E-state index contributed by atoms with van der Waals surface area (Å²) in [5.74, 6) is 3.10. The van der Waals surface area contributed by atoms with E-state index in [4.69, 9.17) is 26.1 Å². The molecule has 1 aliphatic rings. The lowest BCUT2D eigenvalue weighted by Crippen LogP contribution is -2.37. The first kappa shape index (κ1) is 27.7. The standard InChI is InChI=1S/C33H37ClN2O2S/c1-3-5-8-31-32(25-9-15-28(16-10-25)37-23-24-7-6-21-36(4-2)22-24)35-33(39-31)26-11-17-29(18-12-26)38-30-19-13-27(34)14-20-30/h9-20,24H,3-8,21-23H2,1-2H3. The fourth-order valence-corrected chi connectivity index (χ4v) is 6.27. The lowest BCUT2D eigenvalue weighted by Gasteiger charge is -2.31. The van der Waals surface area contributed by atoms with Crippen LogP contribution in [0.5, 0.6) is 17.2 Å². The predicted molar refractivity (Wildman–Crippen MR) is 163 cm³/mol. The van der Waals surface area contributed by atoms with Gasteiger partial charge in [0.25, 0.3) is 0 Å². The smallest absolute Gasteiger partial charge is 0.127 e. The number of ether oxygens (including phenoxy) is 2. The Balaban J connectivity index is 1.28. The van der Waals surface area contributed by atoms with Crippen molar-refractivity contribution in [3.05, 3.63) is 82.7 Å². The summed E-state index contributed by atoms with van der Waals surface area (Å²) < 4.78 is 12.2. The quantitative estimate of drug-likeness (QED) is 0.183. The highest BCUT2D eigenvalue weighted by atomic mass is 35.5. The summed E-state index contributed by atoms with van der Waals surface area (Å²) in [5.41, 5.74) is 3.33. The Morgan fingerprint density at radius 2 is 1.56 bits per heavy atom. The summed E-state index contributed by atoms with van der Waals surface area (Å²) >= 11 is 7.78. The molecule has 0 radical (unpaired) electrons. The van der Waals surface area contributed by atoms with Gasteiger partial charge in [0.15, 0.2) is 0 Å². The Labute approximate surface area is 241 Å². The molecule has 6 heteroatoms. The average Bonchev–Trinajstić information content (AvgIpc) is 3.41. The normalized spacial score (nSPS) is 15.8. The van der Waals surface area contributed by atoms with Gasteiger partial charge in [-0.05, 0) is 112 Å². The molecule has 0 aliphatic carbocycles. The zero-order valence-electron chi connectivity index (χ0n) is 22.9. The molecule has 4 nitrogen and oxygen atoms in total. The van der Waals surface area contributed by atoms with Crippen molar-refractivity contribution in [3.63, 3.8) is 0 Å². The van der Waals surface area contributed by atoms with Gasteiger partial charge in [0.05, 0.1) is 12.3 Å². The largest absolute Gasteiger partial charge is 0.493 e. The maximum Gasteiger partial charge on any atom is 0.127 e. The van der Waals surface area contributed by atoms with E-state index in [1.54, 1.807) is 11.3 Å². The molecule has 1 unspecified atom stereocenters. The molecule has 39 heavy (non-hydrogen) atoms. The Kier molecular flexibility index (Phi) is 9.57. The van der Waals surface area contributed by atoms with Gasteiger partial charge in [-0.25, -0.2) is 4.98 Å². The van der Waals surface area contributed by atoms with Crippen LogP contribution in [0.1, 0.15) is 44.4 Å². The fourth-order valence-electron chi connectivity index (χ4n) is 5.01. The molecule has 204 valence electrons. The van der Waals surface area contributed by atoms with Crippen molar-refractivity contribution in [1.82, 2.24) is 9.88 Å². The average molecular weight is 561 g/mol. The van der Waals surface area contributed by atoms with Crippen molar-refractivity contribution < 1.29 is 9.47 Å². The Morgan fingerprint density at radius 3 is 2.26 bits per heavy atom. The van der Waals surface area contributed by atoms with Crippen molar-refractivity contribution in [3.8, 4) is 39.1 Å². The third-order valence-electron chi connectivity index (χ3n) is 7.27. The van der Waals surface area contributed by atoms with Crippen molar-refractivity contribution in [2.45, 2.75) is 46.0 Å². The fraction of sp³-hybridized carbons (Fsp3) is 0.364. The second-order valence-corrected chi connectivity index (χ2v) is 11.7. The minimum Gasteiger partial charge on any atom is -0.493 e. The Morgan fingerprint density at radius 1 is 0.897 bits per heavy atom. The molecule has 1 saturated heterocycles. The summed E-state index contributed by atoms with van der Waals surface area (Å²) in [6, 6.07) is 24.1.